The molecule has 1 rings (SSSR count). The highest BCUT2D eigenvalue weighted by Gasteiger charge is 2.58. The molecule has 0 saturated carbocycles. The molecule has 0 spiro atoms. The molecule has 7 heteroatoms. The molecule has 0 bridgehead atoms. The van der Waals surface area contributed by atoms with E-state index >= 15 is 0 Å². The van der Waals surface area contributed by atoms with Gasteiger partial charge in [-0.2, -0.15) is 22.0 Å². The summed E-state index contributed by atoms with van der Waals surface area (Å²) in [4.78, 5) is 3.65. The van der Waals surface area contributed by atoms with Crippen LogP contribution in [0.1, 0.15) is 5.56 Å². The lowest BCUT2D eigenvalue weighted by Gasteiger charge is -2.20. The lowest BCUT2D eigenvalue weighted by Crippen LogP contribution is -2.41. The fourth-order valence-electron chi connectivity index (χ4n) is 0.873. The van der Waals surface area contributed by atoms with Crippen LogP contribution in [0.15, 0.2) is 18.5 Å². The Morgan fingerprint density at radius 3 is 2.38 bits per heavy atom. The zero-order chi connectivity index (χ0) is 12.4. The number of ether oxygens (including phenoxy) is 1. The third-order valence-corrected chi connectivity index (χ3v) is 1.79. The molecule has 1 heterocycles. The van der Waals surface area contributed by atoms with E-state index in [-0.39, 0.29) is 5.75 Å². The maximum atomic E-state index is 12.5. The fourth-order valence-corrected chi connectivity index (χ4v) is 0.873. The summed E-state index contributed by atoms with van der Waals surface area (Å²) in [6, 6.07) is 1.22. The van der Waals surface area contributed by atoms with Crippen molar-refractivity contribution < 1.29 is 26.7 Å². The van der Waals surface area contributed by atoms with Gasteiger partial charge >= 0.3 is 12.1 Å². The van der Waals surface area contributed by atoms with Gasteiger partial charge in [0.05, 0.1) is 0 Å². The van der Waals surface area contributed by atoms with Gasteiger partial charge < -0.3 is 4.74 Å². The molecule has 1 aromatic heterocycles. The van der Waals surface area contributed by atoms with Crippen LogP contribution in [0.4, 0.5) is 22.0 Å². The number of pyridine rings is 1. The lowest BCUT2D eigenvalue weighted by atomic mass is 10.3. The van der Waals surface area contributed by atoms with Crippen molar-refractivity contribution in [2.75, 3.05) is 6.61 Å². The minimum atomic E-state index is -5.60. The highest BCUT2D eigenvalue weighted by atomic mass is 19.4. The van der Waals surface area contributed by atoms with Gasteiger partial charge in [-0.3, -0.25) is 4.98 Å². The first-order chi connectivity index (χ1) is 7.24. The van der Waals surface area contributed by atoms with Crippen LogP contribution in [0.25, 0.3) is 0 Å². The molecular formula is C9H8F5NO. The SMILES string of the molecule is Cc1cnccc1OCC(F)(F)C(F)(F)F. The fraction of sp³-hybridized carbons (Fsp3) is 0.444. The summed E-state index contributed by atoms with van der Waals surface area (Å²) in [6.07, 6.45) is -3.05. The van der Waals surface area contributed by atoms with Crippen LogP contribution in [0.5, 0.6) is 5.75 Å². The largest absolute Gasteiger partial charge is 0.487 e. The molecule has 2 nitrogen and oxygen atoms in total. The normalized spacial score (nSPS) is 12.6. The summed E-state index contributed by atoms with van der Waals surface area (Å²) in [7, 11) is 0. The number of alkyl halides is 5. The molecule has 0 aliphatic heterocycles. The average molecular weight is 241 g/mol. The van der Waals surface area contributed by atoms with Crippen LogP contribution in [0, 0.1) is 6.92 Å². The number of halogens is 5. The molecule has 90 valence electrons. The van der Waals surface area contributed by atoms with Crippen molar-refractivity contribution in [2.24, 2.45) is 0 Å². The van der Waals surface area contributed by atoms with Crippen molar-refractivity contribution in [1.82, 2.24) is 4.98 Å². The van der Waals surface area contributed by atoms with Crippen molar-refractivity contribution in [3.63, 3.8) is 0 Å². The second-order valence-corrected chi connectivity index (χ2v) is 3.13. The van der Waals surface area contributed by atoms with Crippen molar-refractivity contribution in [1.29, 1.82) is 0 Å². The summed E-state index contributed by atoms with van der Waals surface area (Å²) < 4.78 is 64.8. The first-order valence-corrected chi connectivity index (χ1v) is 4.22. The number of hydrogen-bond donors (Lipinski definition) is 0. The van der Waals surface area contributed by atoms with Gasteiger partial charge in [-0.1, -0.05) is 0 Å². The molecule has 0 amide bonds. The van der Waals surface area contributed by atoms with E-state index in [0.717, 1.165) is 0 Å². The predicted molar refractivity (Wildman–Crippen MR) is 45.5 cm³/mol. The van der Waals surface area contributed by atoms with Gasteiger partial charge in [-0.05, 0) is 13.0 Å². The highest BCUT2D eigenvalue weighted by Crippen LogP contribution is 2.35. The summed E-state index contributed by atoms with van der Waals surface area (Å²) in [5.74, 6) is -4.90. The van der Waals surface area contributed by atoms with E-state index in [0.29, 0.717) is 5.56 Å². The third kappa shape index (κ3) is 2.80. The summed E-state index contributed by atoms with van der Waals surface area (Å²) >= 11 is 0. The number of aromatic nitrogens is 1. The molecule has 0 unspecified atom stereocenters. The molecular weight excluding hydrogens is 233 g/mol. The quantitative estimate of drug-likeness (QED) is 0.759. The van der Waals surface area contributed by atoms with Gasteiger partial charge in [0.25, 0.3) is 0 Å². The Labute approximate surface area is 88.1 Å². The van der Waals surface area contributed by atoms with Crippen molar-refractivity contribution in [2.45, 2.75) is 19.0 Å². The van der Waals surface area contributed by atoms with E-state index in [9.17, 15) is 22.0 Å². The minimum Gasteiger partial charge on any atom is -0.487 e. The minimum absolute atomic E-state index is 0.0427. The van der Waals surface area contributed by atoms with Crippen molar-refractivity contribution >= 4 is 0 Å². The monoisotopic (exact) mass is 241 g/mol. The summed E-state index contributed by atoms with van der Waals surface area (Å²) in [5.41, 5.74) is 0.389. The highest BCUT2D eigenvalue weighted by molar-refractivity contribution is 5.28. The van der Waals surface area contributed by atoms with E-state index in [4.69, 9.17) is 0 Å². The Hall–Kier alpha value is -1.40. The lowest BCUT2D eigenvalue weighted by molar-refractivity contribution is -0.290. The first kappa shape index (κ1) is 12.7. The Bertz CT molecular complexity index is 363. The molecule has 16 heavy (non-hydrogen) atoms. The summed E-state index contributed by atoms with van der Waals surface area (Å²) in [6.45, 7) is -0.241. The van der Waals surface area contributed by atoms with E-state index in [1.807, 2.05) is 0 Å². The molecule has 0 N–H and O–H groups in total. The Kier molecular flexibility index (Phi) is 3.35. The molecule has 0 fully saturated rings. The summed E-state index contributed by atoms with van der Waals surface area (Å²) in [5, 5.41) is 0. The Morgan fingerprint density at radius 1 is 1.25 bits per heavy atom. The number of rotatable bonds is 3. The van der Waals surface area contributed by atoms with E-state index in [2.05, 4.69) is 9.72 Å². The molecule has 0 aromatic carbocycles. The van der Waals surface area contributed by atoms with Gasteiger partial charge in [0.2, 0.25) is 0 Å². The first-order valence-electron chi connectivity index (χ1n) is 4.22. The molecule has 0 atom stereocenters. The smallest absolute Gasteiger partial charge is 0.456 e. The van der Waals surface area contributed by atoms with E-state index in [1.165, 1.54) is 25.4 Å². The van der Waals surface area contributed by atoms with E-state index < -0.39 is 18.7 Å². The van der Waals surface area contributed by atoms with Crippen LogP contribution in [-0.4, -0.2) is 23.7 Å². The molecule has 0 aliphatic rings. The Morgan fingerprint density at radius 2 is 1.88 bits per heavy atom. The van der Waals surface area contributed by atoms with Gasteiger partial charge in [-0.25, -0.2) is 0 Å². The average Bonchev–Trinajstić information content (AvgIpc) is 2.15. The van der Waals surface area contributed by atoms with Crippen LogP contribution < -0.4 is 4.74 Å². The van der Waals surface area contributed by atoms with Gasteiger partial charge in [0.15, 0.2) is 6.61 Å². The molecule has 0 saturated heterocycles. The second kappa shape index (κ2) is 4.23. The number of nitrogens with zero attached hydrogens (tertiary/aromatic N) is 1. The van der Waals surface area contributed by atoms with E-state index in [1.54, 1.807) is 0 Å². The Balaban J connectivity index is 2.69. The van der Waals surface area contributed by atoms with Gasteiger partial charge in [0.1, 0.15) is 5.75 Å². The number of aryl methyl sites for hydroxylation is 1. The standard InChI is InChI=1S/C9H8F5NO/c1-6-4-15-3-2-7(6)16-5-8(10,11)9(12,13)14/h2-4H,5H2,1H3. The van der Waals surface area contributed by atoms with Crippen LogP contribution in [-0.2, 0) is 0 Å². The van der Waals surface area contributed by atoms with Crippen molar-refractivity contribution in [3.05, 3.63) is 24.0 Å². The maximum absolute atomic E-state index is 12.5. The number of hydrogen-bond acceptors (Lipinski definition) is 2. The van der Waals surface area contributed by atoms with Crippen LogP contribution in [0.3, 0.4) is 0 Å². The predicted octanol–water partition coefficient (Wildman–Crippen LogP) is 2.97. The van der Waals surface area contributed by atoms with Crippen LogP contribution >= 0.6 is 0 Å². The molecule has 1 aromatic rings. The van der Waals surface area contributed by atoms with Gasteiger partial charge in [-0.15, -0.1) is 0 Å². The molecule has 0 radical (unpaired) electrons. The zero-order valence-corrected chi connectivity index (χ0v) is 8.18. The van der Waals surface area contributed by atoms with Gasteiger partial charge in [0, 0.05) is 18.0 Å². The van der Waals surface area contributed by atoms with Crippen LogP contribution in [0.2, 0.25) is 0 Å². The zero-order valence-electron chi connectivity index (χ0n) is 8.18. The molecule has 0 aliphatic carbocycles. The maximum Gasteiger partial charge on any atom is 0.456 e. The van der Waals surface area contributed by atoms with Crippen molar-refractivity contribution in [3.8, 4) is 5.75 Å². The second-order valence-electron chi connectivity index (χ2n) is 3.13. The topological polar surface area (TPSA) is 22.1 Å². The third-order valence-electron chi connectivity index (χ3n) is 1.79.